The number of piperidine rings is 1. The van der Waals surface area contributed by atoms with Crippen LogP contribution in [0.5, 0.6) is 0 Å². The number of benzene rings is 1. The molecular weight excluding hydrogens is 515 g/mol. The molecule has 4 aromatic rings. The molecule has 12 heteroatoms. The summed E-state index contributed by atoms with van der Waals surface area (Å²) in [4.78, 5) is 40.9. The van der Waals surface area contributed by atoms with Gasteiger partial charge >= 0.3 is 0 Å². The molecule has 2 amide bonds. The van der Waals surface area contributed by atoms with E-state index in [-0.39, 0.29) is 34.6 Å². The number of carbonyl (C=O) groups is 2. The van der Waals surface area contributed by atoms with Gasteiger partial charge in [0.05, 0.1) is 18.6 Å². The Hall–Kier alpha value is -4.58. The second kappa shape index (κ2) is 9.87. The maximum atomic E-state index is 15.6. The summed E-state index contributed by atoms with van der Waals surface area (Å²) in [5.41, 5.74) is 13.1. The minimum absolute atomic E-state index is 0.0794. The minimum atomic E-state index is -0.638. The van der Waals surface area contributed by atoms with Gasteiger partial charge in [-0.3, -0.25) is 14.0 Å². The number of halogens is 1. The van der Waals surface area contributed by atoms with Gasteiger partial charge in [0.2, 0.25) is 5.91 Å². The SMILES string of the molecule is CC1(C(=O)N2CCC[C@@H](c3nc(-c4ccc(C(=O)Nc5cc(N)ccn5)cc4F)c4c(N)nccn34)C2)COC1. The summed E-state index contributed by atoms with van der Waals surface area (Å²) in [5.74, 6) is -0.0205. The highest BCUT2D eigenvalue weighted by Gasteiger charge is 2.44. The van der Waals surface area contributed by atoms with Crippen molar-refractivity contribution in [2.45, 2.75) is 25.7 Å². The quantitative estimate of drug-likeness (QED) is 0.346. The van der Waals surface area contributed by atoms with Gasteiger partial charge in [0.1, 0.15) is 34.5 Å². The van der Waals surface area contributed by atoms with E-state index in [1.165, 1.54) is 24.4 Å². The molecule has 3 aromatic heterocycles. The molecule has 2 aliphatic rings. The average Bonchev–Trinajstić information content (AvgIpc) is 3.32. The summed E-state index contributed by atoms with van der Waals surface area (Å²) in [7, 11) is 0. The molecule has 0 bridgehead atoms. The number of hydrogen-bond acceptors (Lipinski definition) is 8. The lowest BCUT2D eigenvalue weighted by atomic mass is 9.85. The molecule has 0 radical (unpaired) electrons. The van der Waals surface area contributed by atoms with Crippen LogP contribution in [0.4, 0.5) is 21.7 Å². The van der Waals surface area contributed by atoms with E-state index in [1.54, 1.807) is 18.5 Å². The van der Waals surface area contributed by atoms with Gasteiger partial charge in [-0.25, -0.2) is 19.3 Å². The summed E-state index contributed by atoms with van der Waals surface area (Å²) in [5, 5.41) is 2.62. The number of pyridine rings is 1. The molecule has 0 unspecified atom stereocenters. The van der Waals surface area contributed by atoms with Crippen LogP contribution in [0.25, 0.3) is 16.8 Å². The van der Waals surface area contributed by atoms with Crippen molar-refractivity contribution in [1.29, 1.82) is 0 Å². The van der Waals surface area contributed by atoms with Crippen molar-refractivity contribution in [3.63, 3.8) is 0 Å². The third kappa shape index (κ3) is 4.49. The molecule has 1 aromatic carbocycles. The standard InChI is InChI=1S/C28H29FN8O3/c1-28(14-40-15-28)27(39)36-9-2-3-17(13-36)25-35-22(23-24(31)33-8-10-37(23)25)19-5-4-16(11-20(19)29)26(38)34-21-12-18(30)6-7-32-21/h4-8,10-12,17H,2-3,9,13-15H2,1H3,(H2,31,33)(H3,30,32,34,38)/t17-/m1/s1. The average molecular weight is 545 g/mol. The first kappa shape index (κ1) is 25.7. The largest absolute Gasteiger partial charge is 0.399 e. The zero-order valence-corrected chi connectivity index (χ0v) is 21.9. The Bertz CT molecular complexity index is 1630. The summed E-state index contributed by atoms with van der Waals surface area (Å²) < 4.78 is 22.7. The number of ether oxygens (including phenoxy) is 1. The Balaban J connectivity index is 1.32. The molecule has 11 nitrogen and oxygen atoms in total. The number of likely N-dealkylation sites (tertiary alicyclic amines) is 1. The lowest BCUT2D eigenvalue weighted by Gasteiger charge is -2.42. The number of nitrogens with zero attached hydrogens (tertiary/aromatic N) is 5. The van der Waals surface area contributed by atoms with Gasteiger partial charge in [-0.05, 0) is 44.0 Å². The number of hydrogen-bond donors (Lipinski definition) is 3. The molecule has 40 heavy (non-hydrogen) atoms. The molecule has 0 saturated carbocycles. The van der Waals surface area contributed by atoms with Crippen molar-refractivity contribution in [3.8, 4) is 11.3 Å². The van der Waals surface area contributed by atoms with Crippen LogP contribution < -0.4 is 16.8 Å². The zero-order valence-electron chi connectivity index (χ0n) is 21.9. The molecule has 5 N–H and O–H groups in total. The number of nitrogen functional groups attached to an aromatic ring is 2. The van der Waals surface area contributed by atoms with E-state index in [0.717, 1.165) is 18.9 Å². The summed E-state index contributed by atoms with van der Waals surface area (Å²) in [6, 6.07) is 7.28. The molecule has 0 spiro atoms. The highest BCUT2D eigenvalue weighted by Crippen LogP contribution is 2.37. The fraction of sp³-hybridized carbons (Fsp3) is 0.321. The van der Waals surface area contributed by atoms with Crippen LogP contribution in [0.3, 0.4) is 0 Å². The first-order valence-corrected chi connectivity index (χ1v) is 13.1. The number of nitrogens with two attached hydrogens (primary N) is 2. The number of aromatic nitrogens is 4. The van der Waals surface area contributed by atoms with Crippen LogP contribution in [0.15, 0.2) is 48.9 Å². The van der Waals surface area contributed by atoms with Crippen molar-refractivity contribution in [2.75, 3.05) is 43.1 Å². The molecule has 2 aliphatic heterocycles. The Labute approximate surface area is 229 Å². The van der Waals surface area contributed by atoms with Crippen LogP contribution >= 0.6 is 0 Å². The number of amides is 2. The third-order valence-electron chi connectivity index (χ3n) is 7.55. The van der Waals surface area contributed by atoms with E-state index in [1.807, 2.05) is 16.2 Å². The van der Waals surface area contributed by atoms with Crippen LogP contribution in [-0.2, 0) is 9.53 Å². The van der Waals surface area contributed by atoms with Crippen molar-refractivity contribution >= 4 is 34.7 Å². The van der Waals surface area contributed by atoms with Crippen molar-refractivity contribution < 1.29 is 18.7 Å². The van der Waals surface area contributed by atoms with Crippen molar-refractivity contribution in [1.82, 2.24) is 24.3 Å². The van der Waals surface area contributed by atoms with E-state index >= 15 is 4.39 Å². The topological polar surface area (TPSA) is 154 Å². The van der Waals surface area contributed by atoms with Crippen molar-refractivity contribution in [2.24, 2.45) is 5.41 Å². The molecule has 5 heterocycles. The molecule has 0 aliphatic carbocycles. The predicted molar refractivity (Wildman–Crippen MR) is 147 cm³/mol. The normalized spacial score (nSPS) is 18.4. The van der Waals surface area contributed by atoms with Crippen LogP contribution in [0.1, 0.15) is 41.9 Å². The van der Waals surface area contributed by atoms with Gasteiger partial charge in [0.25, 0.3) is 5.91 Å². The predicted octanol–water partition coefficient (Wildman–Crippen LogP) is 3.09. The Kier molecular flexibility index (Phi) is 6.34. The first-order chi connectivity index (χ1) is 19.2. The lowest BCUT2D eigenvalue weighted by molar-refractivity contribution is -0.169. The maximum absolute atomic E-state index is 15.6. The molecule has 206 valence electrons. The van der Waals surface area contributed by atoms with E-state index < -0.39 is 17.1 Å². The number of carbonyl (C=O) groups excluding carboxylic acids is 2. The monoisotopic (exact) mass is 544 g/mol. The number of anilines is 3. The summed E-state index contributed by atoms with van der Waals surface area (Å²) in [6.45, 7) is 3.95. The molecule has 6 rings (SSSR count). The van der Waals surface area contributed by atoms with Crippen LogP contribution in [-0.4, -0.2) is 62.4 Å². The number of fused-ring (bicyclic) bond motifs is 1. The first-order valence-electron chi connectivity index (χ1n) is 13.1. The lowest BCUT2D eigenvalue weighted by Crippen LogP contribution is -2.55. The highest BCUT2D eigenvalue weighted by molar-refractivity contribution is 6.04. The molecule has 1 atom stereocenters. The summed E-state index contributed by atoms with van der Waals surface area (Å²) >= 11 is 0. The number of rotatable bonds is 5. The van der Waals surface area contributed by atoms with Gasteiger partial charge in [-0.15, -0.1) is 0 Å². The molecular formula is C28H29FN8O3. The molecule has 2 fully saturated rings. The van der Waals surface area contributed by atoms with Gasteiger partial charge in [0.15, 0.2) is 0 Å². The smallest absolute Gasteiger partial charge is 0.256 e. The third-order valence-corrected chi connectivity index (χ3v) is 7.55. The fourth-order valence-corrected chi connectivity index (χ4v) is 5.40. The van der Waals surface area contributed by atoms with Crippen LogP contribution in [0.2, 0.25) is 0 Å². The zero-order chi connectivity index (χ0) is 28.0. The number of nitrogens with one attached hydrogen (secondary N) is 1. The van der Waals surface area contributed by atoms with Gasteiger partial charge < -0.3 is 26.4 Å². The fourth-order valence-electron chi connectivity index (χ4n) is 5.40. The maximum Gasteiger partial charge on any atom is 0.256 e. The highest BCUT2D eigenvalue weighted by atomic mass is 19.1. The minimum Gasteiger partial charge on any atom is -0.399 e. The van der Waals surface area contributed by atoms with Crippen molar-refractivity contribution in [3.05, 3.63) is 66.1 Å². The van der Waals surface area contributed by atoms with E-state index in [9.17, 15) is 9.59 Å². The van der Waals surface area contributed by atoms with Gasteiger partial charge in [-0.2, -0.15) is 0 Å². The Morgan fingerprint density at radius 2 is 1.98 bits per heavy atom. The second-order valence-corrected chi connectivity index (χ2v) is 10.6. The summed E-state index contributed by atoms with van der Waals surface area (Å²) in [6.07, 6.45) is 6.43. The van der Waals surface area contributed by atoms with E-state index in [4.69, 9.17) is 21.2 Å². The second-order valence-electron chi connectivity index (χ2n) is 10.6. The van der Waals surface area contributed by atoms with Gasteiger partial charge in [-0.1, -0.05) is 0 Å². The van der Waals surface area contributed by atoms with E-state index in [0.29, 0.717) is 49.0 Å². The van der Waals surface area contributed by atoms with Crippen LogP contribution in [0, 0.1) is 11.2 Å². The Morgan fingerprint density at radius 3 is 2.70 bits per heavy atom. The van der Waals surface area contributed by atoms with Gasteiger partial charge in [0, 0.05) is 60.5 Å². The van der Waals surface area contributed by atoms with E-state index in [2.05, 4.69) is 15.3 Å². The Morgan fingerprint density at radius 1 is 1.15 bits per heavy atom. The molecule has 2 saturated heterocycles. The number of imidazole rings is 1.